The van der Waals surface area contributed by atoms with Gasteiger partial charge in [0.1, 0.15) is 5.82 Å². The van der Waals surface area contributed by atoms with E-state index in [2.05, 4.69) is 4.98 Å². The topological polar surface area (TPSA) is 90.5 Å². The van der Waals surface area contributed by atoms with E-state index >= 15 is 0 Å². The lowest BCUT2D eigenvalue weighted by molar-refractivity contribution is 0.0729. The fourth-order valence-corrected chi connectivity index (χ4v) is 2.99. The van der Waals surface area contributed by atoms with Gasteiger partial charge in [0, 0.05) is 20.1 Å². The summed E-state index contributed by atoms with van der Waals surface area (Å²) in [4.78, 5) is 3.83. The van der Waals surface area contributed by atoms with E-state index in [0.717, 1.165) is 0 Å². The van der Waals surface area contributed by atoms with Gasteiger partial charge in [-0.25, -0.2) is 13.4 Å². The maximum absolute atomic E-state index is 12.1. The number of rotatable bonds is 2. The molecule has 1 aromatic heterocycles. The molecule has 0 atom stereocenters. The van der Waals surface area contributed by atoms with Crippen molar-refractivity contribution in [3.05, 3.63) is 6.33 Å². The van der Waals surface area contributed by atoms with E-state index < -0.39 is 10.0 Å². The molecule has 0 saturated carbocycles. The Kier molecular flexibility index (Phi) is 2.87. The first-order chi connectivity index (χ1) is 7.53. The third-order valence-electron chi connectivity index (χ3n) is 2.50. The van der Waals surface area contributed by atoms with Crippen LogP contribution in [0.1, 0.15) is 0 Å². The number of aryl methyl sites for hydroxylation is 1. The molecule has 2 heterocycles. The SMILES string of the molecule is Cn1cnc(S(=O)(=O)N2CCOCC2)c1N. The first-order valence-electron chi connectivity index (χ1n) is 4.88. The third kappa shape index (κ3) is 1.79. The zero-order valence-electron chi connectivity index (χ0n) is 8.96. The number of hydrogen-bond acceptors (Lipinski definition) is 5. The highest BCUT2D eigenvalue weighted by Gasteiger charge is 2.30. The molecule has 0 bridgehead atoms. The molecule has 0 spiro atoms. The molecular formula is C8H14N4O3S. The zero-order chi connectivity index (χ0) is 11.8. The van der Waals surface area contributed by atoms with Crippen molar-refractivity contribution >= 4 is 15.8 Å². The minimum atomic E-state index is -3.58. The van der Waals surface area contributed by atoms with Crippen LogP contribution in [0, 0.1) is 0 Å². The van der Waals surface area contributed by atoms with E-state index in [-0.39, 0.29) is 10.8 Å². The van der Waals surface area contributed by atoms with Crippen LogP contribution in [0.5, 0.6) is 0 Å². The number of morpholine rings is 1. The van der Waals surface area contributed by atoms with Crippen molar-refractivity contribution in [2.45, 2.75) is 5.03 Å². The summed E-state index contributed by atoms with van der Waals surface area (Å²) in [6.45, 7) is 1.51. The number of sulfonamides is 1. The monoisotopic (exact) mass is 246 g/mol. The standard InChI is InChI=1S/C8H14N4O3S/c1-11-6-10-8(7(11)9)16(13,14)12-2-4-15-5-3-12/h6H,2-5,9H2,1H3. The number of nitrogen functional groups attached to an aromatic ring is 1. The Morgan fingerprint density at radius 1 is 1.44 bits per heavy atom. The molecule has 0 aromatic carbocycles. The van der Waals surface area contributed by atoms with Crippen molar-refractivity contribution in [2.24, 2.45) is 7.05 Å². The van der Waals surface area contributed by atoms with E-state index in [4.69, 9.17) is 10.5 Å². The second-order valence-corrected chi connectivity index (χ2v) is 5.42. The average Bonchev–Trinajstić information content (AvgIpc) is 2.61. The molecule has 16 heavy (non-hydrogen) atoms. The Balaban J connectivity index is 2.34. The van der Waals surface area contributed by atoms with Gasteiger partial charge in [0.05, 0.1) is 19.5 Å². The van der Waals surface area contributed by atoms with Gasteiger partial charge in [0.15, 0.2) is 0 Å². The van der Waals surface area contributed by atoms with E-state index in [1.54, 1.807) is 7.05 Å². The molecule has 1 fully saturated rings. The van der Waals surface area contributed by atoms with E-state index in [0.29, 0.717) is 26.3 Å². The molecule has 0 radical (unpaired) electrons. The second kappa shape index (κ2) is 4.04. The van der Waals surface area contributed by atoms with Crippen molar-refractivity contribution in [3.63, 3.8) is 0 Å². The summed E-state index contributed by atoms with van der Waals surface area (Å²) in [5, 5.41) is -0.0723. The predicted octanol–water partition coefficient (Wildman–Crippen LogP) is -0.977. The Morgan fingerprint density at radius 3 is 2.56 bits per heavy atom. The van der Waals surface area contributed by atoms with Crippen LogP contribution in [-0.2, 0) is 21.8 Å². The van der Waals surface area contributed by atoms with Gasteiger partial charge in [-0.05, 0) is 0 Å². The first-order valence-corrected chi connectivity index (χ1v) is 6.32. The van der Waals surface area contributed by atoms with Gasteiger partial charge in [0.2, 0.25) is 5.03 Å². The molecule has 1 aromatic rings. The number of aromatic nitrogens is 2. The number of nitrogens with zero attached hydrogens (tertiary/aromatic N) is 3. The third-order valence-corrected chi connectivity index (χ3v) is 4.35. The molecule has 90 valence electrons. The normalized spacial score (nSPS) is 18.8. The largest absolute Gasteiger partial charge is 0.383 e. The molecule has 0 aliphatic carbocycles. The van der Waals surface area contributed by atoms with Crippen LogP contribution < -0.4 is 5.73 Å². The molecular weight excluding hydrogens is 232 g/mol. The van der Waals surface area contributed by atoms with Gasteiger partial charge in [-0.15, -0.1) is 0 Å². The molecule has 7 nitrogen and oxygen atoms in total. The lowest BCUT2D eigenvalue weighted by Crippen LogP contribution is -2.41. The highest BCUT2D eigenvalue weighted by Crippen LogP contribution is 2.20. The molecule has 1 aliphatic rings. The summed E-state index contributed by atoms with van der Waals surface area (Å²) in [6.07, 6.45) is 1.39. The number of anilines is 1. The Hall–Kier alpha value is -1.12. The van der Waals surface area contributed by atoms with Crippen LogP contribution in [0.3, 0.4) is 0 Å². The maximum atomic E-state index is 12.1. The van der Waals surface area contributed by atoms with Crippen LogP contribution in [0.15, 0.2) is 11.4 Å². The van der Waals surface area contributed by atoms with Crippen LogP contribution in [0.4, 0.5) is 5.82 Å². The summed E-state index contributed by atoms with van der Waals surface area (Å²) in [5.74, 6) is 0.159. The second-order valence-electron chi connectivity index (χ2n) is 3.56. The van der Waals surface area contributed by atoms with Gasteiger partial charge in [0.25, 0.3) is 10.0 Å². The molecule has 8 heteroatoms. The Morgan fingerprint density at radius 2 is 2.06 bits per heavy atom. The smallest absolute Gasteiger partial charge is 0.264 e. The Bertz CT molecular complexity index is 475. The number of ether oxygens (including phenoxy) is 1. The maximum Gasteiger partial charge on any atom is 0.264 e. The predicted molar refractivity (Wildman–Crippen MR) is 57.2 cm³/mol. The summed E-state index contributed by atoms with van der Waals surface area (Å²) in [6, 6.07) is 0. The number of nitrogens with two attached hydrogens (primary N) is 1. The van der Waals surface area contributed by atoms with E-state index in [1.807, 2.05) is 0 Å². The van der Waals surface area contributed by atoms with Gasteiger partial charge in [-0.1, -0.05) is 0 Å². The van der Waals surface area contributed by atoms with Crippen molar-refractivity contribution in [1.29, 1.82) is 0 Å². The molecule has 2 rings (SSSR count). The van der Waals surface area contributed by atoms with Gasteiger partial charge < -0.3 is 15.0 Å². The van der Waals surface area contributed by atoms with Crippen LogP contribution in [-0.4, -0.2) is 48.6 Å². The van der Waals surface area contributed by atoms with Gasteiger partial charge >= 0.3 is 0 Å². The Labute approximate surface area is 93.9 Å². The molecule has 0 unspecified atom stereocenters. The number of imidazole rings is 1. The van der Waals surface area contributed by atoms with Crippen LogP contribution in [0.25, 0.3) is 0 Å². The molecule has 2 N–H and O–H groups in total. The summed E-state index contributed by atoms with van der Waals surface area (Å²) in [7, 11) is -1.92. The summed E-state index contributed by atoms with van der Waals surface area (Å²) < 4.78 is 32.2. The lowest BCUT2D eigenvalue weighted by Gasteiger charge is -2.25. The minimum absolute atomic E-state index is 0.0723. The fourth-order valence-electron chi connectivity index (χ4n) is 1.53. The molecule has 0 amide bonds. The van der Waals surface area contributed by atoms with E-state index in [9.17, 15) is 8.42 Å². The molecule has 1 saturated heterocycles. The van der Waals surface area contributed by atoms with Gasteiger partial charge in [-0.3, -0.25) is 0 Å². The minimum Gasteiger partial charge on any atom is -0.383 e. The summed E-state index contributed by atoms with van der Waals surface area (Å²) in [5.41, 5.74) is 5.66. The lowest BCUT2D eigenvalue weighted by atomic mass is 10.5. The van der Waals surface area contributed by atoms with Gasteiger partial charge in [-0.2, -0.15) is 4.31 Å². The van der Waals surface area contributed by atoms with Crippen LogP contribution >= 0.6 is 0 Å². The van der Waals surface area contributed by atoms with Crippen LogP contribution in [0.2, 0.25) is 0 Å². The van der Waals surface area contributed by atoms with Crippen molar-refractivity contribution in [3.8, 4) is 0 Å². The summed E-state index contributed by atoms with van der Waals surface area (Å²) >= 11 is 0. The first kappa shape index (κ1) is 11.4. The fraction of sp³-hybridized carbons (Fsp3) is 0.625. The average molecular weight is 246 g/mol. The van der Waals surface area contributed by atoms with E-state index in [1.165, 1.54) is 15.2 Å². The quantitative estimate of drug-likeness (QED) is 0.724. The van der Waals surface area contributed by atoms with Crippen molar-refractivity contribution in [2.75, 3.05) is 32.0 Å². The highest BCUT2D eigenvalue weighted by molar-refractivity contribution is 7.89. The van der Waals surface area contributed by atoms with Crippen molar-refractivity contribution < 1.29 is 13.2 Å². The number of hydrogen-bond donors (Lipinski definition) is 1. The zero-order valence-corrected chi connectivity index (χ0v) is 9.77. The molecule has 1 aliphatic heterocycles. The highest BCUT2D eigenvalue weighted by atomic mass is 32.2. The van der Waals surface area contributed by atoms with Crippen molar-refractivity contribution in [1.82, 2.24) is 13.9 Å².